The molecule has 0 amide bonds. The zero-order valence-corrected chi connectivity index (χ0v) is 13.9. The molecule has 1 aromatic carbocycles. The van der Waals surface area contributed by atoms with Crippen molar-refractivity contribution in [3.05, 3.63) is 40.6 Å². The SMILES string of the molecule is Cc1cc(Oc2c(C(N)=S)c(C)nn2C)ccc1C(C)C. The molecule has 21 heavy (non-hydrogen) atoms. The van der Waals surface area contributed by atoms with E-state index in [-0.39, 0.29) is 0 Å². The van der Waals surface area contributed by atoms with Crippen LogP contribution in [0.5, 0.6) is 11.6 Å². The molecule has 5 heteroatoms. The summed E-state index contributed by atoms with van der Waals surface area (Å²) >= 11 is 5.09. The van der Waals surface area contributed by atoms with Crippen LogP contribution in [0, 0.1) is 13.8 Å². The Morgan fingerprint density at radius 3 is 2.52 bits per heavy atom. The van der Waals surface area contributed by atoms with Gasteiger partial charge >= 0.3 is 0 Å². The highest BCUT2D eigenvalue weighted by atomic mass is 32.1. The number of hydrogen-bond donors (Lipinski definition) is 1. The van der Waals surface area contributed by atoms with Gasteiger partial charge in [0.05, 0.1) is 11.3 Å². The fourth-order valence-corrected chi connectivity index (χ4v) is 2.74. The van der Waals surface area contributed by atoms with Crippen molar-refractivity contribution in [2.45, 2.75) is 33.6 Å². The minimum atomic E-state index is 0.297. The molecule has 112 valence electrons. The van der Waals surface area contributed by atoms with Crippen LogP contribution in [0.1, 0.15) is 42.1 Å². The first-order chi connectivity index (χ1) is 9.81. The van der Waals surface area contributed by atoms with Crippen LogP contribution >= 0.6 is 12.2 Å². The van der Waals surface area contributed by atoms with Gasteiger partial charge in [0.2, 0.25) is 5.88 Å². The third-order valence-electron chi connectivity index (χ3n) is 3.49. The Hall–Kier alpha value is -1.88. The molecule has 0 unspecified atom stereocenters. The Balaban J connectivity index is 2.39. The number of benzene rings is 1. The van der Waals surface area contributed by atoms with Crippen LogP contribution in [0.4, 0.5) is 0 Å². The van der Waals surface area contributed by atoms with Crippen molar-refractivity contribution in [2.75, 3.05) is 0 Å². The first-order valence-corrected chi connectivity index (χ1v) is 7.34. The molecular formula is C16H21N3OS. The van der Waals surface area contributed by atoms with E-state index in [9.17, 15) is 0 Å². The average Bonchev–Trinajstić information content (AvgIpc) is 2.63. The van der Waals surface area contributed by atoms with Crippen LogP contribution in [-0.2, 0) is 7.05 Å². The molecule has 0 bridgehead atoms. The van der Waals surface area contributed by atoms with E-state index in [1.54, 1.807) is 4.68 Å². The van der Waals surface area contributed by atoms with E-state index in [0.717, 1.165) is 11.4 Å². The molecule has 1 heterocycles. The summed E-state index contributed by atoms with van der Waals surface area (Å²) in [5.74, 6) is 1.83. The molecule has 0 aliphatic carbocycles. The van der Waals surface area contributed by atoms with E-state index in [1.807, 2.05) is 26.1 Å². The Morgan fingerprint density at radius 1 is 1.33 bits per heavy atom. The Morgan fingerprint density at radius 2 is 2.00 bits per heavy atom. The Kier molecular flexibility index (Phi) is 4.32. The second-order valence-electron chi connectivity index (χ2n) is 5.53. The number of nitrogens with zero attached hydrogens (tertiary/aromatic N) is 2. The van der Waals surface area contributed by atoms with Gasteiger partial charge in [-0.15, -0.1) is 0 Å². The van der Waals surface area contributed by atoms with E-state index in [4.69, 9.17) is 22.7 Å². The van der Waals surface area contributed by atoms with Gasteiger partial charge in [0.25, 0.3) is 0 Å². The van der Waals surface area contributed by atoms with Crippen LogP contribution in [-0.4, -0.2) is 14.8 Å². The van der Waals surface area contributed by atoms with E-state index in [1.165, 1.54) is 11.1 Å². The number of aromatic nitrogens is 2. The maximum atomic E-state index is 5.97. The van der Waals surface area contributed by atoms with Crippen LogP contribution in [0.25, 0.3) is 0 Å². The van der Waals surface area contributed by atoms with Crippen molar-refractivity contribution in [3.63, 3.8) is 0 Å². The summed E-state index contributed by atoms with van der Waals surface area (Å²) in [7, 11) is 1.82. The number of ether oxygens (including phenoxy) is 1. The summed E-state index contributed by atoms with van der Waals surface area (Å²) in [6.07, 6.45) is 0. The summed E-state index contributed by atoms with van der Waals surface area (Å²) in [4.78, 5) is 0.297. The first-order valence-electron chi connectivity index (χ1n) is 6.93. The van der Waals surface area contributed by atoms with Crippen molar-refractivity contribution in [1.82, 2.24) is 9.78 Å². The smallest absolute Gasteiger partial charge is 0.228 e. The van der Waals surface area contributed by atoms with Crippen molar-refractivity contribution in [1.29, 1.82) is 0 Å². The zero-order valence-electron chi connectivity index (χ0n) is 13.1. The summed E-state index contributed by atoms with van der Waals surface area (Å²) in [5.41, 5.74) is 9.76. The third kappa shape index (κ3) is 3.08. The van der Waals surface area contributed by atoms with Crippen molar-refractivity contribution < 1.29 is 4.74 Å². The van der Waals surface area contributed by atoms with Crippen LogP contribution in [0.15, 0.2) is 18.2 Å². The Bertz CT molecular complexity index is 689. The van der Waals surface area contributed by atoms with Crippen molar-refractivity contribution in [3.8, 4) is 11.6 Å². The molecular weight excluding hydrogens is 282 g/mol. The normalized spacial score (nSPS) is 11.0. The molecule has 2 N–H and O–H groups in total. The summed E-state index contributed by atoms with van der Waals surface area (Å²) in [6, 6.07) is 6.09. The van der Waals surface area contributed by atoms with Crippen molar-refractivity contribution >= 4 is 17.2 Å². The quantitative estimate of drug-likeness (QED) is 0.877. The molecule has 0 fully saturated rings. The second kappa shape index (κ2) is 5.85. The maximum Gasteiger partial charge on any atom is 0.228 e. The summed E-state index contributed by atoms with van der Waals surface area (Å²) < 4.78 is 7.63. The van der Waals surface area contributed by atoms with Gasteiger partial charge in [-0.05, 0) is 43.0 Å². The van der Waals surface area contributed by atoms with Gasteiger partial charge in [0, 0.05) is 7.05 Å². The topological polar surface area (TPSA) is 53.1 Å². The van der Waals surface area contributed by atoms with Gasteiger partial charge in [0.15, 0.2) is 0 Å². The summed E-state index contributed by atoms with van der Waals surface area (Å²) in [6.45, 7) is 8.32. The van der Waals surface area contributed by atoms with E-state index >= 15 is 0 Å². The predicted octanol–water partition coefficient (Wildman–Crippen LogP) is 3.59. The Labute approximate surface area is 130 Å². The molecule has 2 rings (SSSR count). The van der Waals surface area contributed by atoms with Gasteiger partial charge in [-0.3, -0.25) is 0 Å². The van der Waals surface area contributed by atoms with Crippen LogP contribution in [0.2, 0.25) is 0 Å². The maximum absolute atomic E-state index is 5.97. The van der Waals surface area contributed by atoms with E-state index in [0.29, 0.717) is 22.3 Å². The lowest BCUT2D eigenvalue weighted by Gasteiger charge is -2.13. The molecule has 0 spiro atoms. The van der Waals surface area contributed by atoms with Crippen LogP contribution in [0.3, 0.4) is 0 Å². The highest BCUT2D eigenvalue weighted by molar-refractivity contribution is 7.80. The predicted molar refractivity (Wildman–Crippen MR) is 89.2 cm³/mol. The molecule has 0 saturated heterocycles. The molecule has 1 aromatic heterocycles. The molecule has 2 aromatic rings. The lowest BCUT2D eigenvalue weighted by atomic mass is 9.98. The number of nitrogens with two attached hydrogens (primary N) is 1. The first kappa shape index (κ1) is 15.5. The summed E-state index contributed by atoms with van der Waals surface area (Å²) in [5, 5.41) is 4.32. The molecule has 0 aliphatic heterocycles. The standard InChI is InChI=1S/C16H21N3OS/c1-9(2)13-7-6-12(8-10(13)3)20-16-14(15(17)21)11(4)18-19(16)5/h6-9H,1-5H3,(H2,17,21). The lowest BCUT2D eigenvalue weighted by molar-refractivity contribution is 0.429. The number of aryl methyl sites for hydroxylation is 3. The fraction of sp³-hybridized carbons (Fsp3) is 0.375. The number of hydrogen-bond acceptors (Lipinski definition) is 3. The van der Waals surface area contributed by atoms with Crippen molar-refractivity contribution in [2.24, 2.45) is 12.8 Å². The number of thiocarbonyl (C=S) groups is 1. The second-order valence-corrected chi connectivity index (χ2v) is 5.97. The molecule has 0 radical (unpaired) electrons. The van der Waals surface area contributed by atoms with Gasteiger partial charge in [-0.2, -0.15) is 5.10 Å². The minimum Gasteiger partial charge on any atom is -0.439 e. The third-order valence-corrected chi connectivity index (χ3v) is 3.70. The monoisotopic (exact) mass is 303 g/mol. The molecule has 0 atom stereocenters. The highest BCUT2D eigenvalue weighted by Gasteiger charge is 2.18. The zero-order chi connectivity index (χ0) is 15.7. The highest BCUT2D eigenvalue weighted by Crippen LogP contribution is 2.30. The minimum absolute atomic E-state index is 0.297. The largest absolute Gasteiger partial charge is 0.439 e. The van der Waals surface area contributed by atoms with E-state index < -0.39 is 0 Å². The number of rotatable bonds is 4. The fourth-order valence-electron chi connectivity index (χ4n) is 2.51. The molecule has 4 nitrogen and oxygen atoms in total. The molecule has 0 aliphatic rings. The van der Waals surface area contributed by atoms with E-state index in [2.05, 4.69) is 31.9 Å². The molecule has 0 saturated carbocycles. The van der Waals surface area contributed by atoms with Gasteiger partial charge in [0.1, 0.15) is 10.7 Å². The van der Waals surface area contributed by atoms with Gasteiger partial charge < -0.3 is 10.5 Å². The van der Waals surface area contributed by atoms with Crippen LogP contribution < -0.4 is 10.5 Å². The average molecular weight is 303 g/mol. The lowest BCUT2D eigenvalue weighted by Crippen LogP contribution is -2.11. The van der Waals surface area contributed by atoms with Gasteiger partial charge in [-0.1, -0.05) is 32.1 Å². The van der Waals surface area contributed by atoms with Gasteiger partial charge in [-0.25, -0.2) is 4.68 Å².